The molecule has 0 aromatic carbocycles. The molecule has 2 aromatic heterocycles. The Morgan fingerprint density at radius 1 is 1.34 bits per heavy atom. The Bertz CT molecular complexity index is 755. The molecule has 1 aliphatic rings. The zero-order chi connectivity index (χ0) is 19.8. The number of hydrogen-bond donors (Lipinski definition) is 1. The van der Waals surface area contributed by atoms with E-state index in [1.54, 1.807) is 11.3 Å². The summed E-state index contributed by atoms with van der Waals surface area (Å²) in [7, 11) is 2.15. The van der Waals surface area contributed by atoms with Gasteiger partial charge in [0.25, 0.3) is 0 Å². The van der Waals surface area contributed by atoms with Crippen molar-refractivity contribution in [2.75, 3.05) is 39.9 Å². The Kier molecular flexibility index (Phi) is 10.9. The molecule has 0 unspecified atom stereocenters. The highest BCUT2D eigenvalue weighted by Gasteiger charge is 2.15. The first-order valence-corrected chi connectivity index (χ1v) is 11.9. The number of thiazole rings is 1. The molecule has 3 rings (SSSR count). The predicted octanol–water partition coefficient (Wildman–Crippen LogP) is 5.05. The number of guanidine groups is 1. The molecular formula is C21H33IN4OS2. The maximum atomic E-state index is 5.47. The summed E-state index contributed by atoms with van der Waals surface area (Å²) in [4.78, 5) is 14.3. The van der Waals surface area contributed by atoms with E-state index in [9.17, 15) is 0 Å². The van der Waals surface area contributed by atoms with Gasteiger partial charge in [-0.25, -0.2) is 4.98 Å². The van der Waals surface area contributed by atoms with E-state index in [1.807, 2.05) is 11.3 Å². The van der Waals surface area contributed by atoms with Crippen molar-refractivity contribution in [2.24, 2.45) is 10.9 Å². The third kappa shape index (κ3) is 7.80. The van der Waals surface area contributed by atoms with Crippen LogP contribution >= 0.6 is 46.7 Å². The fourth-order valence-electron chi connectivity index (χ4n) is 3.39. The number of halogens is 1. The summed E-state index contributed by atoms with van der Waals surface area (Å²) in [6.45, 7) is 8.77. The van der Waals surface area contributed by atoms with E-state index in [2.05, 4.69) is 53.6 Å². The Balaban J connectivity index is 0.00000300. The Hall–Kier alpha value is -0.710. The molecule has 0 spiro atoms. The van der Waals surface area contributed by atoms with Crippen LogP contribution in [0, 0.1) is 12.8 Å². The third-order valence-corrected chi connectivity index (χ3v) is 7.00. The fourth-order valence-corrected chi connectivity index (χ4v) is 5.03. The number of ether oxygens (including phenoxy) is 1. The van der Waals surface area contributed by atoms with E-state index in [1.165, 1.54) is 29.0 Å². The number of nitrogens with one attached hydrogen (secondary N) is 1. The van der Waals surface area contributed by atoms with Crippen LogP contribution < -0.4 is 5.32 Å². The number of hydrogen-bond acceptors (Lipinski definition) is 5. The lowest BCUT2D eigenvalue weighted by Crippen LogP contribution is -2.40. The predicted molar refractivity (Wildman–Crippen MR) is 136 cm³/mol. The van der Waals surface area contributed by atoms with Crippen molar-refractivity contribution >= 4 is 52.6 Å². The average molecular weight is 549 g/mol. The van der Waals surface area contributed by atoms with Crippen molar-refractivity contribution in [3.05, 3.63) is 27.4 Å². The minimum atomic E-state index is 0. The van der Waals surface area contributed by atoms with Crippen molar-refractivity contribution in [2.45, 2.75) is 39.5 Å². The second-order valence-electron chi connectivity index (χ2n) is 7.27. The average Bonchev–Trinajstić information content (AvgIpc) is 3.35. The molecule has 1 fully saturated rings. The van der Waals surface area contributed by atoms with E-state index < -0.39 is 0 Å². The van der Waals surface area contributed by atoms with Gasteiger partial charge in [0.1, 0.15) is 0 Å². The molecule has 29 heavy (non-hydrogen) atoms. The number of aliphatic imine (C=N–C) groups is 1. The summed E-state index contributed by atoms with van der Waals surface area (Å²) in [5.41, 5.74) is 1.10. The summed E-state index contributed by atoms with van der Waals surface area (Å²) in [6, 6.07) is 4.40. The Labute approximate surface area is 200 Å². The third-order valence-electron chi connectivity index (χ3n) is 5.06. The molecular weight excluding hydrogens is 515 g/mol. The number of aromatic nitrogens is 1. The van der Waals surface area contributed by atoms with Gasteiger partial charge >= 0.3 is 0 Å². The zero-order valence-electron chi connectivity index (χ0n) is 17.6. The van der Waals surface area contributed by atoms with Crippen molar-refractivity contribution in [3.63, 3.8) is 0 Å². The van der Waals surface area contributed by atoms with E-state index in [-0.39, 0.29) is 24.0 Å². The summed E-state index contributed by atoms with van der Waals surface area (Å²) in [5, 5.41) is 6.69. The molecule has 1 N–H and O–H groups in total. The number of rotatable bonds is 8. The van der Waals surface area contributed by atoms with Crippen molar-refractivity contribution in [1.29, 1.82) is 0 Å². The van der Waals surface area contributed by atoms with Crippen LogP contribution in [-0.2, 0) is 11.2 Å². The largest absolute Gasteiger partial charge is 0.381 e. The highest BCUT2D eigenvalue weighted by Crippen LogP contribution is 2.29. The van der Waals surface area contributed by atoms with E-state index in [0.717, 1.165) is 61.8 Å². The molecule has 0 bridgehead atoms. The lowest BCUT2D eigenvalue weighted by molar-refractivity contribution is 0.0625. The molecule has 0 amide bonds. The van der Waals surface area contributed by atoms with Crippen LogP contribution in [0.1, 0.15) is 36.1 Å². The monoisotopic (exact) mass is 548 g/mol. The van der Waals surface area contributed by atoms with Gasteiger partial charge in [0.15, 0.2) is 5.96 Å². The molecule has 5 nitrogen and oxygen atoms in total. The van der Waals surface area contributed by atoms with Gasteiger partial charge in [-0.3, -0.25) is 4.99 Å². The number of nitrogens with zero attached hydrogens (tertiary/aromatic N) is 3. The SMILES string of the molecule is CCNC(=NCCc1ccc(-c2csc(C)n2)s1)N(C)CCC1CCOCC1.I. The Morgan fingerprint density at radius 3 is 2.83 bits per heavy atom. The van der Waals surface area contributed by atoms with E-state index in [4.69, 9.17) is 9.73 Å². The molecule has 2 aromatic rings. The van der Waals surface area contributed by atoms with Gasteiger partial charge in [0, 0.05) is 56.6 Å². The molecule has 162 valence electrons. The van der Waals surface area contributed by atoms with Crippen LogP contribution in [0.2, 0.25) is 0 Å². The van der Waals surface area contributed by atoms with Gasteiger partial charge in [-0.2, -0.15) is 0 Å². The molecule has 0 saturated carbocycles. The lowest BCUT2D eigenvalue weighted by Gasteiger charge is -2.26. The fraction of sp³-hybridized carbons (Fsp3) is 0.619. The lowest BCUT2D eigenvalue weighted by atomic mass is 9.96. The Morgan fingerprint density at radius 2 is 2.14 bits per heavy atom. The summed E-state index contributed by atoms with van der Waals surface area (Å²) < 4.78 is 5.47. The van der Waals surface area contributed by atoms with Gasteiger partial charge in [0.2, 0.25) is 0 Å². The minimum Gasteiger partial charge on any atom is -0.381 e. The van der Waals surface area contributed by atoms with E-state index in [0.29, 0.717) is 0 Å². The first-order valence-electron chi connectivity index (χ1n) is 10.2. The van der Waals surface area contributed by atoms with Gasteiger partial charge < -0.3 is 15.0 Å². The van der Waals surface area contributed by atoms with Crippen LogP contribution in [0.5, 0.6) is 0 Å². The first-order chi connectivity index (χ1) is 13.7. The zero-order valence-corrected chi connectivity index (χ0v) is 21.6. The van der Waals surface area contributed by atoms with Gasteiger partial charge in [0.05, 0.1) is 15.6 Å². The molecule has 8 heteroatoms. The molecule has 1 aliphatic heterocycles. The second-order valence-corrected chi connectivity index (χ2v) is 9.50. The molecule has 1 saturated heterocycles. The first kappa shape index (κ1) is 24.6. The quantitative estimate of drug-likeness (QED) is 0.285. The molecule has 0 radical (unpaired) electrons. The van der Waals surface area contributed by atoms with Crippen LogP contribution in [0.4, 0.5) is 0 Å². The maximum Gasteiger partial charge on any atom is 0.193 e. The van der Waals surface area contributed by atoms with E-state index >= 15 is 0 Å². The standard InChI is InChI=1S/C21H32N4OS2.HI/c1-4-22-21(25(3)12-8-17-9-13-26-14-10-17)23-11-7-18-5-6-20(28-18)19-15-27-16(2)24-19;/h5-6,15,17H,4,7-14H2,1-3H3,(H,22,23);1H. The molecule has 3 heterocycles. The van der Waals surface area contributed by atoms with Crippen molar-refractivity contribution in [3.8, 4) is 10.6 Å². The number of aryl methyl sites for hydroxylation is 1. The summed E-state index contributed by atoms with van der Waals surface area (Å²) in [6.07, 6.45) is 4.57. The van der Waals surface area contributed by atoms with Gasteiger partial charge in [-0.1, -0.05) is 0 Å². The molecule has 0 aliphatic carbocycles. The van der Waals surface area contributed by atoms with Crippen LogP contribution in [-0.4, -0.2) is 55.7 Å². The summed E-state index contributed by atoms with van der Waals surface area (Å²) in [5.74, 6) is 1.81. The topological polar surface area (TPSA) is 49.8 Å². The number of thiophene rings is 1. The van der Waals surface area contributed by atoms with Gasteiger partial charge in [-0.15, -0.1) is 46.7 Å². The maximum absolute atomic E-state index is 5.47. The van der Waals surface area contributed by atoms with Crippen molar-refractivity contribution < 1.29 is 4.74 Å². The van der Waals surface area contributed by atoms with Crippen LogP contribution in [0.3, 0.4) is 0 Å². The highest BCUT2D eigenvalue weighted by atomic mass is 127. The van der Waals surface area contributed by atoms with Crippen LogP contribution in [0.25, 0.3) is 10.6 Å². The molecule has 0 atom stereocenters. The smallest absolute Gasteiger partial charge is 0.193 e. The normalized spacial score (nSPS) is 15.2. The highest BCUT2D eigenvalue weighted by molar-refractivity contribution is 14.0. The summed E-state index contributed by atoms with van der Waals surface area (Å²) >= 11 is 3.54. The minimum absolute atomic E-state index is 0. The van der Waals surface area contributed by atoms with Gasteiger partial charge in [-0.05, 0) is 51.2 Å². The van der Waals surface area contributed by atoms with Crippen LogP contribution in [0.15, 0.2) is 22.5 Å². The second kappa shape index (κ2) is 12.9. The van der Waals surface area contributed by atoms with Crippen molar-refractivity contribution in [1.82, 2.24) is 15.2 Å².